The Morgan fingerprint density at radius 3 is 1.58 bits per heavy atom. The summed E-state index contributed by atoms with van der Waals surface area (Å²) in [6, 6.07) is 12.5. The summed E-state index contributed by atoms with van der Waals surface area (Å²) < 4.78 is 36.1. The molecule has 10 heteroatoms. The van der Waals surface area contributed by atoms with Crippen LogP contribution in [0.4, 0.5) is 0 Å². The maximum absolute atomic E-state index is 13.0. The van der Waals surface area contributed by atoms with Gasteiger partial charge in [0.05, 0.1) is 25.4 Å². The van der Waals surface area contributed by atoms with Gasteiger partial charge < -0.3 is 28.4 Å². The zero-order valence-corrected chi connectivity index (χ0v) is 30.0. The molecule has 8 aliphatic rings. The van der Waals surface area contributed by atoms with E-state index in [1.807, 2.05) is 24.3 Å². The fourth-order valence-corrected chi connectivity index (χ4v) is 11.0. The van der Waals surface area contributed by atoms with Crippen LogP contribution in [0.1, 0.15) is 73.6 Å². The van der Waals surface area contributed by atoms with Crippen LogP contribution in [0, 0.1) is 11.8 Å². The predicted octanol–water partition coefficient (Wildman–Crippen LogP) is 4.84. The number of hydrogen-bond donors (Lipinski definition) is 0. The van der Waals surface area contributed by atoms with Gasteiger partial charge in [0, 0.05) is 48.2 Å². The van der Waals surface area contributed by atoms with E-state index in [-0.39, 0.29) is 23.0 Å². The molecule has 0 amide bonds. The third-order valence-electron chi connectivity index (χ3n) is 14.1. The Morgan fingerprint density at radius 1 is 0.692 bits per heavy atom. The third-order valence-corrected chi connectivity index (χ3v) is 14.1. The molecular weight excluding hydrogens is 660 g/mol. The molecule has 0 spiro atoms. The molecule has 4 heterocycles. The monoisotopic (exact) mass is 710 g/mol. The molecule has 0 radical (unpaired) electrons. The number of carbonyl (C=O) groups excluding carboxylic acids is 2. The molecule has 4 aliphatic carbocycles. The van der Waals surface area contributed by atoms with Crippen molar-refractivity contribution in [3.8, 4) is 11.5 Å². The minimum Gasteiger partial charge on any atom is -0.423 e. The molecule has 4 bridgehead atoms. The average Bonchev–Trinajstić information content (AvgIpc) is 3.12. The van der Waals surface area contributed by atoms with Crippen molar-refractivity contribution in [2.75, 3.05) is 53.0 Å². The van der Waals surface area contributed by atoms with Gasteiger partial charge in [0.2, 0.25) is 0 Å². The largest absolute Gasteiger partial charge is 0.423 e. The molecule has 6 atom stereocenters. The van der Waals surface area contributed by atoms with E-state index in [2.05, 4.69) is 21.9 Å². The van der Waals surface area contributed by atoms with Crippen LogP contribution in [-0.4, -0.2) is 99.0 Å². The summed E-state index contributed by atoms with van der Waals surface area (Å²) >= 11 is 0. The van der Waals surface area contributed by atoms with Crippen molar-refractivity contribution in [1.82, 2.24) is 9.80 Å². The Bertz CT molecular complexity index is 1630. The van der Waals surface area contributed by atoms with Gasteiger partial charge in [-0.1, -0.05) is 25.0 Å². The highest BCUT2D eigenvalue weighted by Crippen LogP contribution is 2.51. The first-order chi connectivity index (χ1) is 25.5. The highest BCUT2D eigenvalue weighted by molar-refractivity contribution is 5.93. The fraction of sp³-hybridized carbons (Fsp3) is 0.619. The van der Waals surface area contributed by atoms with E-state index in [9.17, 15) is 9.59 Å². The molecule has 4 saturated heterocycles. The highest BCUT2D eigenvalue weighted by Gasteiger charge is 2.57. The molecular formula is C42H50N2O8. The first-order valence-corrected chi connectivity index (χ1v) is 19.7. The van der Waals surface area contributed by atoms with Gasteiger partial charge in [-0.15, -0.1) is 0 Å². The molecule has 2 saturated carbocycles. The first kappa shape index (κ1) is 33.4. The summed E-state index contributed by atoms with van der Waals surface area (Å²) in [4.78, 5) is 31.3. The van der Waals surface area contributed by atoms with Crippen molar-refractivity contribution in [2.24, 2.45) is 11.8 Å². The lowest BCUT2D eigenvalue weighted by atomic mass is 9.61. The second kappa shape index (κ2) is 13.3. The number of rotatable bonds is 8. The summed E-state index contributed by atoms with van der Waals surface area (Å²) in [5.41, 5.74) is 4.33. The maximum Gasteiger partial charge on any atom is 0.336 e. The normalized spacial score (nSPS) is 34.2. The van der Waals surface area contributed by atoms with E-state index in [0.29, 0.717) is 50.4 Å². The lowest BCUT2D eigenvalue weighted by Gasteiger charge is -2.58. The number of hydrogen-bond acceptors (Lipinski definition) is 10. The van der Waals surface area contributed by atoms with Crippen LogP contribution in [0.5, 0.6) is 11.5 Å². The van der Waals surface area contributed by atoms with Gasteiger partial charge >= 0.3 is 11.9 Å². The standard InChI is InChI=1S/C42H50N2O8/c45-37(51-31-9-7-29-17-35-39-41(33(29)19-31,23-47-25-49-39)13-15-43(35)21-27-3-1-4-27)11-12-38(46)52-32-10-8-30-18-36-40-42(34(30)20-32,24-48-26-50-40)14-16-44(36)22-28-5-2-6-28/h7-12,19-20,27-28,35-36,39-40H,1-6,13-18,21-26H2/b12-11+/t35-,36-,39+,40+,41-,42-/m1/s1. The second-order valence-electron chi connectivity index (χ2n) is 16.9. The van der Waals surface area contributed by atoms with Crippen molar-refractivity contribution in [3.63, 3.8) is 0 Å². The smallest absolute Gasteiger partial charge is 0.336 e. The van der Waals surface area contributed by atoms with Crippen LogP contribution in [0.3, 0.4) is 0 Å². The summed E-state index contributed by atoms with van der Waals surface area (Å²) in [5, 5.41) is 0. The fourth-order valence-electron chi connectivity index (χ4n) is 11.0. The van der Waals surface area contributed by atoms with E-state index in [1.54, 1.807) is 0 Å². The quantitative estimate of drug-likeness (QED) is 0.215. The average molecular weight is 711 g/mol. The van der Waals surface area contributed by atoms with Gasteiger partial charge in [-0.05, 0) is 123 Å². The minimum atomic E-state index is -0.630. The van der Waals surface area contributed by atoms with Gasteiger partial charge in [-0.25, -0.2) is 9.59 Å². The van der Waals surface area contributed by atoms with Gasteiger partial charge in [0.15, 0.2) is 0 Å². The maximum atomic E-state index is 13.0. The Labute approximate surface area is 305 Å². The van der Waals surface area contributed by atoms with E-state index < -0.39 is 11.9 Å². The topological polar surface area (TPSA) is 96.0 Å². The van der Waals surface area contributed by atoms with Crippen molar-refractivity contribution in [2.45, 2.75) is 99.3 Å². The molecule has 0 unspecified atom stereocenters. The number of benzene rings is 2. The molecule has 10 nitrogen and oxygen atoms in total. The molecule has 2 aromatic rings. The third kappa shape index (κ3) is 5.67. The zero-order chi connectivity index (χ0) is 34.9. The number of piperidine rings is 2. The van der Waals surface area contributed by atoms with Gasteiger partial charge in [-0.3, -0.25) is 9.80 Å². The van der Waals surface area contributed by atoms with Crippen molar-refractivity contribution < 1.29 is 38.0 Å². The van der Waals surface area contributed by atoms with E-state index in [0.717, 1.165) is 87.0 Å². The number of esters is 2. The molecule has 0 aromatic heterocycles. The molecule has 52 heavy (non-hydrogen) atoms. The SMILES string of the molecule is O=C(/C=C/C(=O)Oc1ccc2c(c1)[C@]13CCN(CC4CCC4)[C@H](C2)[C@@H]1OCOC3)Oc1ccc2c(c1)[C@]13CCN(CC4CCC4)[C@H](C2)[C@@H]1OCOC3. The van der Waals surface area contributed by atoms with Crippen LogP contribution >= 0.6 is 0 Å². The van der Waals surface area contributed by atoms with Gasteiger partial charge in [-0.2, -0.15) is 0 Å². The summed E-state index contributed by atoms with van der Waals surface area (Å²) in [6.07, 6.45) is 14.2. The summed E-state index contributed by atoms with van der Waals surface area (Å²) in [5.74, 6) is 1.26. The van der Waals surface area contributed by atoms with Gasteiger partial charge in [0.1, 0.15) is 25.1 Å². The Morgan fingerprint density at radius 2 is 1.15 bits per heavy atom. The lowest BCUT2D eigenvalue weighted by Crippen LogP contribution is -2.67. The number of ether oxygens (including phenoxy) is 6. The second-order valence-corrected chi connectivity index (χ2v) is 16.9. The van der Waals surface area contributed by atoms with Crippen LogP contribution in [-0.2, 0) is 52.2 Å². The lowest BCUT2D eigenvalue weighted by molar-refractivity contribution is -0.223. The molecule has 0 N–H and O–H groups in total. The van der Waals surface area contributed by atoms with Crippen LogP contribution in [0.25, 0.3) is 0 Å². The molecule has 276 valence electrons. The number of likely N-dealkylation sites (tertiary alicyclic amines) is 2. The molecule has 10 rings (SSSR count). The van der Waals surface area contributed by atoms with Crippen molar-refractivity contribution in [3.05, 3.63) is 70.8 Å². The van der Waals surface area contributed by atoms with Crippen molar-refractivity contribution >= 4 is 11.9 Å². The number of fused-ring (bicyclic) bond motifs is 2. The minimum absolute atomic E-state index is 0.0571. The van der Waals surface area contributed by atoms with Crippen LogP contribution in [0.15, 0.2) is 48.6 Å². The number of nitrogens with zero attached hydrogens (tertiary/aromatic N) is 2. The van der Waals surface area contributed by atoms with Crippen LogP contribution in [0.2, 0.25) is 0 Å². The Hall–Kier alpha value is -3.12. The summed E-state index contributed by atoms with van der Waals surface area (Å²) in [6.45, 7) is 6.19. The number of carbonyl (C=O) groups is 2. The molecule has 6 fully saturated rings. The van der Waals surface area contributed by atoms with E-state index in [1.165, 1.54) is 49.7 Å². The molecule has 2 aromatic carbocycles. The Kier molecular flexibility index (Phi) is 8.57. The predicted molar refractivity (Wildman–Crippen MR) is 190 cm³/mol. The zero-order valence-electron chi connectivity index (χ0n) is 30.0. The van der Waals surface area contributed by atoms with E-state index in [4.69, 9.17) is 28.4 Å². The highest BCUT2D eigenvalue weighted by atomic mass is 16.7. The van der Waals surface area contributed by atoms with E-state index >= 15 is 0 Å². The Balaban J connectivity index is 0.811. The van der Waals surface area contributed by atoms with Gasteiger partial charge in [0.25, 0.3) is 0 Å². The first-order valence-electron chi connectivity index (χ1n) is 19.7. The van der Waals surface area contributed by atoms with Crippen LogP contribution < -0.4 is 9.47 Å². The molecule has 4 aliphatic heterocycles. The summed E-state index contributed by atoms with van der Waals surface area (Å²) in [7, 11) is 0. The van der Waals surface area contributed by atoms with Crippen molar-refractivity contribution in [1.29, 1.82) is 0 Å².